The lowest BCUT2D eigenvalue weighted by atomic mass is 9.85. The summed E-state index contributed by atoms with van der Waals surface area (Å²) in [7, 11) is 2.15. The number of hydrogen-bond acceptors (Lipinski definition) is 0. The van der Waals surface area contributed by atoms with Crippen molar-refractivity contribution in [3.8, 4) is 11.3 Å². The molecule has 2 rings (SSSR count). The summed E-state index contributed by atoms with van der Waals surface area (Å²) < 4.78 is 2.30. The van der Waals surface area contributed by atoms with Crippen molar-refractivity contribution in [1.82, 2.24) is 0 Å². The van der Waals surface area contributed by atoms with E-state index in [2.05, 4.69) is 83.5 Å². The second kappa shape index (κ2) is 5.05. The van der Waals surface area contributed by atoms with Crippen LogP contribution in [0.25, 0.3) is 11.3 Å². The summed E-state index contributed by atoms with van der Waals surface area (Å²) in [5.74, 6) is 0. The minimum absolute atomic E-state index is 0.181. The zero-order valence-corrected chi connectivity index (χ0v) is 13.8. The average Bonchev–Trinajstić information content (AvgIpc) is 2.36. The molecular weight excluding hydrogens is 242 g/mol. The quantitative estimate of drug-likeness (QED) is 0.675. The average molecular weight is 268 g/mol. The third kappa shape index (κ3) is 2.63. The number of pyridine rings is 1. The summed E-state index contributed by atoms with van der Waals surface area (Å²) in [6.07, 6.45) is 0. The van der Waals surface area contributed by atoms with Crippen molar-refractivity contribution in [3.63, 3.8) is 0 Å². The smallest absolute Gasteiger partial charge is 0.198 e. The second-order valence-electron chi connectivity index (χ2n) is 6.83. The molecule has 0 aliphatic heterocycles. The van der Waals surface area contributed by atoms with E-state index < -0.39 is 0 Å². The van der Waals surface area contributed by atoms with Crippen LogP contribution in [0.15, 0.2) is 30.3 Å². The third-order valence-electron chi connectivity index (χ3n) is 4.31. The maximum Gasteiger partial charge on any atom is 0.212 e. The zero-order valence-electron chi connectivity index (χ0n) is 13.8. The van der Waals surface area contributed by atoms with Crippen molar-refractivity contribution in [2.45, 2.75) is 47.0 Å². The molecule has 106 valence electrons. The molecule has 0 atom stereocenters. The Bertz CT molecular complexity index is 646. The summed E-state index contributed by atoms with van der Waals surface area (Å²) in [4.78, 5) is 0. The first-order chi connectivity index (χ1) is 9.21. The molecule has 0 saturated carbocycles. The summed E-state index contributed by atoms with van der Waals surface area (Å²) in [6, 6.07) is 11.3. The molecule has 0 fully saturated rings. The number of aryl methyl sites for hydroxylation is 2. The number of hydrogen-bond donors (Lipinski definition) is 0. The lowest BCUT2D eigenvalue weighted by Crippen LogP contribution is -2.35. The maximum atomic E-state index is 2.35. The predicted octanol–water partition coefficient (Wildman–Crippen LogP) is 4.40. The second-order valence-corrected chi connectivity index (χ2v) is 6.83. The summed E-state index contributed by atoms with van der Waals surface area (Å²) in [5.41, 5.74) is 8.18. The summed E-state index contributed by atoms with van der Waals surface area (Å²) >= 11 is 0. The Morgan fingerprint density at radius 3 is 2.05 bits per heavy atom. The van der Waals surface area contributed by atoms with Gasteiger partial charge in [0.2, 0.25) is 5.69 Å². The Hall–Kier alpha value is -1.63. The highest BCUT2D eigenvalue weighted by molar-refractivity contribution is 5.62. The van der Waals surface area contributed by atoms with Gasteiger partial charge >= 0.3 is 0 Å². The van der Waals surface area contributed by atoms with E-state index in [1.165, 1.54) is 33.6 Å². The van der Waals surface area contributed by atoms with Crippen LogP contribution in [0.3, 0.4) is 0 Å². The van der Waals surface area contributed by atoms with Crippen molar-refractivity contribution in [1.29, 1.82) is 0 Å². The van der Waals surface area contributed by atoms with E-state index in [-0.39, 0.29) is 5.41 Å². The molecule has 0 N–H and O–H groups in total. The predicted molar refractivity (Wildman–Crippen MR) is 86.0 cm³/mol. The monoisotopic (exact) mass is 268 g/mol. The molecule has 1 heterocycles. The van der Waals surface area contributed by atoms with Crippen molar-refractivity contribution in [2.75, 3.05) is 0 Å². The molecule has 0 aliphatic carbocycles. The van der Waals surface area contributed by atoms with Gasteiger partial charge in [-0.1, -0.05) is 32.9 Å². The molecule has 0 aliphatic rings. The van der Waals surface area contributed by atoms with Crippen LogP contribution in [0.4, 0.5) is 0 Å². The normalized spacial score (nSPS) is 11.8. The van der Waals surface area contributed by atoms with Crippen LogP contribution in [0.2, 0.25) is 0 Å². The van der Waals surface area contributed by atoms with Crippen LogP contribution in [-0.4, -0.2) is 0 Å². The standard InChI is InChI=1S/C19H26N/c1-13-9-11-18(20(7)15(13)3)17-12-16(19(4,5)6)10-8-14(17)2/h8-12H,1-7H3/q+1. The van der Waals surface area contributed by atoms with Gasteiger partial charge in [0.15, 0.2) is 5.69 Å². The lowest BCUT2D eigenvalue weighted by molar-refractivity contribution is -0.667. The summed E-state index contributed by atoms with van der Waals surface area (Å²) in [6.45, 7) is 13.3. The van der Waals surface area contributed by atoms with Gasteiger partial charge in [-0.2, -0.15) is 4.57 Å². The molecule has 0 amide bonds. The first kappa shape index (κ1) is 14.8. The topological polar surface area (TPSA) is 3.88 Å². The Labute approximate surface area is 123 Å². The van der Waals surface area contributed by atoms with E-state index in [0.717, 1.165) is 0 Å². The Morgan fingerprint density at radius 2 is 1.45 bits per heavy atom. The fourth-order valence-electron chi connectivity index (χ4n) is 2.52. The van der Waals surface area contributed by atoms with Gasteiger partial charge in [-0.05, 0) is 42.5 Å². The van der Waals surface area contributed by atoms with Gasteiger partial charge in [-0.25, -0.2) is 0 Å². The van der Waals surface area contributed by atoms with Crippen LogP contribution in [0, 0.1) is 20.8 Å². The molecule has 0 saturated heterocycles. The van der Waals surface area contributed by atoms with Crippen LogP contribution in [-0.2, 0) is 12.5 Å². The molecular formula is C19H26N+. The van der Waals surface area contributed by atoms with Crippen molar-refractivity contribution in [3.05, 3.63) is 52.7 Å². The highest BCUT2D eigenvalue weighted by Crippen LogP contribution is 2.29. The molecule has 0 radical (unpaired) electrons. The van der Waals surface area contributed by atoms with Gasteiger partial charge in [0, 0.05) is 24.1 Å². The van der Waals surface area contributed by atoms with E-state index in [0.29, 0.717) is 0 Å². The molecule has 20 heavy (non-hydrogen) atoms. The number of aromatic nitrogens is 1. The Balaban J connectivity index is 2.67. The molecule has 1 nitrogen and oxygen atoms in total. The van der Waals surface area contributed by atoms with Crippen LogP contribution >= 0.6 is 0 Å². The maximum absolute atomic E-state index is 2.35. The minimum atomic E-state index is 0.181. The Morgan fingerprint density at radius 1 is 0.850 bits per heavy atom. The highest BCUT2D eigenvalue weighted by atomic mass is 14.9. The molecule has 1 aromatic heterocycles. The molecule has 2 aromatic rings. The van der Waals surface area contributed by atoms with E-state index >= 15 is 0 Å². The van der Waals surface area contributed by atoms with Gasteiger partial charge < -0.3 is 0 Å². The van der Waals surface area contributed by atoms with E-state index in [1.54, 1.807) is 0 Å². The van der Waals surface area contributed by atoms with Crippen LogP contribution in [0.5, 0.6) is 0 Å². The minimum Gasteiger partial charge on any atom is -0.198 e. The first-order valence-corrected chi connectivity index (χ1v) is 7.29. The number of nitrogens with zero attached hydrogens (tertiary/aromatic N) is 1. The largest absolute Gasteiger partial charge is 0.212 e. The zero-order chi connectivity index (χ0) is 15.1. The van der Waals surface area contributed by atoms with Crippen molar-refractivity contribution >= 4 is 0 Å². The van der Waals surface area contributed by atoms with Gasteiger partial charge in [0.25, 0.3) is 0 Å². The van der Waals surface area contributed by atoms with Crippen molar-refractivity contribution in [2.24, 2.45) is 7.05 Å². The van der Waals surface area contributed by atoms with Gasteiger partial charge in [-0.3, -0.25) is 0 Å². The first-order valence-electron chi connectivity index (χ1n) is 7.29. The van der Waals surface area contributed by atoms with Gasteiger partial charge in [0.05, 0.1) is 0 Å². The summed E-state index contributed by atoms with van der Waals surface area (Å²) in [5, 5.41) is 0. The van der Waals surface area contributed by atoms with Gasteiger partial charge in [0.1, 0.15) is 7.05 Å². The van der Waals surface area contributed by atoms with E-state index in [1.807, 2.05) is 0 Å². The van der Waals surface area contributed by atoms with Crippen molar-refractivity contribution < 1.29 is 4.57 Å². The number of rotatable bonds is 1. The Kier molecular flexibility index (Phi) is 3.73. The fraction of sp³-hybridized carbons (Fsp3) is 0.421. The molecule has 1 aromatic carbocycles. The molecule has 1 heteroatoms. The van der Waals surface area contributed by atoms with Gasteiger partial charge in [-0.15, -0.1) is 0 Å². The third-order valence-corrected chi connectivity index (χ3v) is 4.31. The van der Waals surface area contributed by atoms with Crippen LogP contribution < -0.4 is 4.57 Å². The van der Waals surface area contributed by atoms with E-state index in [9.17, 15) is 0 Å². The SMILES string of the molecule is Cc1ccc(C(C)(C)C)cc1-c1ccc(C)c(C)[n+]1C. The van der Waals surface area contributed by atoms with E-state index in [4.69, 9.17) is 0 Å². The highest BCUT2D eigenvalue weighted by Gasteiger charge is 2.19. The fourth-order valence-corrected chi connectivity index (χ4v) is 2.52. The molecule has 0 unspecified atom stereocenters. The van der Waals surface area contributed by atoms with Crippen LogP contribution in [0.1, 0.15) is 43.2 Å². The number of benzene rings is 1. The lowest BCUT2D eigenvalue weighted by Gasteiger charge is -2.20. The molecule has 0 bridgehead atoms. The molecule has 0 spiro atoms.